The van der Waals surface area contributed by atoms with Crippen LogP contribution in [0.1, 0.15) is 24.5 Å². The standard InChI is InChI=1S/C13H15NO/c1-3-4-11-12-7-10(14)6-9(12)5-8(2)13(11)15/h5-7,14-15H,3-4H2,1-2H3. The smallest absolute Gasteiger partial charge is 0.122 e. The Bertz CT molecular complexity index is 541. The summed E-state index contributed by atoms with van der Waals surface area (Å²) >= 11 is 0. The number of benzene rings is 1. The highest BCUT2D eigenvalue weighted by molar-refractivity contribution is 6.28. The van der Waals surface area contributed by atoms with E-state index in [-0.39, 0.29) is 0 Å². The summed E-state index contributed by atoms with van der Waals surface area (Å²) < 4.78 is 0. The second kappa shape index (κ2) is 3.54. The lowest BCUT2D eigenvalue weighted by Gasteiger charge is -2.06. The maximum Gasteiger partial charge on any atom is 0.122 e. The van der Waals surface area contributed by atoms with Gasteiger partial charge in [-0.25, -0.2) is 0 Å². The number of nitrogens with one attached hydrogen (secondary N) is 1. The number of aromatic hydroxyl groups is 1. The highest BCUT2D eigenvalue weighted by atomic mass is 16.3. The predicted octanol–water partition coefficient (Wildman–Crippen LogP) is 1.25. The summed E-state index contributed by atoms with van der Waals surface area (Å²) in [5, 5.41) is 19.7. The van der Waals surface area contributed by atoms with Gasteiger partial charge in [-0.2, -0.15) is 0 Å². The minimum atomic E-state index is 0.398. The van der Waals surface area contributed by atoms with Gasteiger partial charge in [0.05, 0.1) is 5.71 Å². The van der Waals surface area contributed by atoms with E-state index in [0.717, 1.165) is 34.4 Å². The molecule has 0 amide bonds. The molecule has 2 N–H and O–H groups in total. The molecule has 1 aromatic carbocycles. The molecule has 0 unspecified atom stereocenters. The van der Waals surface area contributed by atoms with Gasteiger partial charge in [-0.1, -0.05) is 13.3 Å². The van der Waals surface area contributed by atoms with Gasteiger partial charge in [0.2, 0.25) is 0 Å². The van der Waals surface area contributed by atoms with Gasteiger partial charge in [0.15, 0.2) is 0 Å². The van der Waals surface area contributed by atoms with Crippen LogP contribution >= 0.6 is 0 Å². The van der Waals surface area contributed by atoms with Crippen LogP contribution in [-0.4, -0.2) is 10.8 Å². The van der Waals surface area contributed by atoms with Crippen LogP contribution in [0.4, 0.5) is 0 Å². The Labute approximate surface area is 89.1 Å². The zero-order valence-corrected chi connectivity index (χ0v) is 9.09. The van der Waals surface area contributed by atoms with Gasteiger partial charge in [0.25, 0.3) is 0 Å². The number of phenols is 1. The molecule has 2 rings (SSSR count). The number of hydrogen-bond acceptors (Lipinski definition) is 2. The molecule has 0 aliphatic heterocycles. The second-order valence-corrected chi connectivity index (χ2v) is 4.02. The van der Waals surface area contributed by atoms with Gasteiger partial charge in [0, 0.05) is 5.56 Å². The quantitative estimate of drug-likeness (QED) is 0.743. The summed E-state index contributed by atoms with van der Waals surface area (Å²) in [6.07, 6.45) is 5.55. The first-order valence-electron chi connectivity index (χ1n) is 5.27. The lowest BCUT2D eigenvalue weighted by Crippen LogP contribution is -2.26. The van der Waals surface area contributed by atoms with Gasteiger partial charge in [-0.15, -0.1) is 0 Å². The Morgan fingerprint density at radius 2 is 2.07 bits per heavy atom. The fourth-order valence-electron chi connectivity index (χ4n) is 2.08. The molecule has 0 bridgehead atoms. The van der Waals surface area contributed by atoms with Crippen molar-refractivity contribution in [3.05, 3.63) is 27.6 Å². The molecular formula is C13H15NO. The Hall–Kier alpha value is -1.57. The van der Waals surface area contributed by atoms with Crippen LogP contribution in [0.5, 0.6) is 5.75 Å². The van der Waals surface area contributed by atoms with Gasteiger partial charge in [-0.05, 0) is 47.6 Å². The first-order valence-corrected chi connectivity index (χ1v) is 5.27. The molecule has 0 saturated carbocycles. The molecule has 2 heteroatoms. The molecule has 0 saturated heterocycles. The van der Waals surface area contributed by atoms with Gasteiger partial charge in [-0.3, -0.25) is 0 Å². The van der Waals surface area contributed by atoms with Crippen molar-refractivity contribution in [2.24, 2.45) is 0 Å². The van der Waals surface area contributed by atoms with Crippen molar-refractivity contribution in [2.75, 3.05) is 0 Å². The van der Waals surface area contributed by atoms with Crippen LogP contribution in [0.15, 0.2) is 6.07 Å². The van der Waals surface area contributed by atoms with E-state index in [0.29, 0.717) is 11.5 Å². The van der Waals surface area contributed by atoms with E-state index in [9.17, 15) is 5.11 Å². The summed E-state index contributed by atoms with van der Waals surface area (Å²) in [7, 11) is 0. The summed E-state index contributed by atoms with van der Waals surface area (Å²) in [4.78, 5) is 0. The van der Waals surface area contributed by atoms with E-state index in [4.69, 9.17) is 5.41 Å². The molecule has 78 valence electrons. The van der Waals surface area contributed by atoms with Crippen LogP contribution in [0, 0.1) is 12.3 Å². The summed E-state index contributed by atoms with van der Waals surface area (Å²) in [6.45, 7) is 4.00. The van der Waals surface area contributed by atoms with E-state index < -0.39 is 0 Å². The van der Waals surface area contributed by atoms with Crippen LogP contribution in [0.25, 0.3) is 12.2 Å². The molecular weight excluding hydrogens is 186 g/mol. The Morgan fingerprint density at radius 3 is 2.73 bits per heavy atom. The van der Waals surface area contributed by atoms with E-state index in [1.165, 1.54) is 0 Å². The second-order valence-electron chi connectivity index (χ2n) is 4.02. The molecule has 2 nitrogen and oxygen atoms in total. The van der Waals surface area contributed by atoms with Crippen molar-refractivity contribution in [2.45, 2.75) is 26.7 Å². The van der Waals surface area contributed by atoms with E-state index in [1.54, 1.807) is 0 Å². The fraction of sp³-hybridized carbons (Fsp3) is 0.308. The highest BCUT2D eigenvalue weighted by Gasteiger charge is 2.10. The number of aryl methyl sites for hydroxylation is 1. The first kappa shape index (κ1) is 9.97. The average molecular weight is 201 g/mol. The molecule has 0 radical (unpaired) electrons. The molecule has 1 aliphatic rings. The predicted molar refractivity (Wildman–Crippen MR) is 62.7 cm³/mol. The summed E-state index contributed by atoms with van der Waals surface area (Å²) in [5.74, 6) is 0.398. The van der Waals surface area contributed by atoms with Crippen LogP contribution < -0.4 is 10.4 Å². The zero-order chi connectivity index (χ0) is 11.0. The van der Waals surface area contributed by atoms with Crippen molar-refractivity contribution in [3.63, 3.8) is 0 Å². The largest absolute Gasteiger partial charge is 0.507 e. The molecule has 0 fully saturated rings. The molecule has 0 aromatic heterocycles. The van der Waals surface area contributed by atoms with Gasteiger partial charge in [0.1, 0.15) is 5.75 Å². The molecule has 0 atom stereocenters. The molecule has 1 aromatic rings. The fourth-order valence-corrected chi connectivity index (χ4v) is 2.08. The number of rotatable bonds is 2. The monoisotopic (exact) mass is 201 g/mol. The third-order valence-corrected chi connectivity index (χ3v) is 2.78. The molecule has 0 spiro atoms. The molecule has 1 aliphatic carbocycles. The maximum absolute atomic E-state index is 9.97. The van der Waals surface area contributed by atoms with E-state index in [1.807, 2.05) is 25.1 Å². The van der Waals surface area contributed by atoms with Crippen molar-refractivity contribution < 1.29 is 5.11 Å². The van der Waals surface area contributed by atoms with E-state index in [2.05, 4.69) is 6.92 Å². The van der Waals surface area contributed by atoms with Gasteiger partial charge < -0.3 is 10.5 Å². The number of phenolic OH excluding ortho intramolecular Hbond substituents is 1. The number of fused-ring (bicyclic) bond motifs is 1. The SMILES string of the molecule is CCCc1c(O)c(C)cc2c1=CC(=N)C=2. The maximum atomic E-state index is 9.97. The average Bonchev–Trinajstić information content (AvgIpc) is 2.53. The van der Waals surface area contributed by atoms with E-state index >= 15 is 0 Å². The summed E-state index contributed by atoms with van der Waals surface area (Å²) in [6, 6.07) is 1.95. The van der Waals surface area contributed by atoms with Crippen LogP contribution in [0.3, 0.4) is 0 Å². The van der Waals surface area contributed by atoms with Crippen molar-refractivity contribution in [1.29, 1.82) is 5.41 Å². The molecule has 0 heterocycles. The minimum Gasteiger partial charge on any atom is -0.507 e. The van der Waals surface area contributed by atoms with Crippen LogP contribution in [-0.2, 0) is 6.42 Å². The number of hydrogen-bond donors (Lipinski definition) is 2. The zero-order valence-electron chi connectivity index (χ0n) is 9.09. The first-order chi connectivity index (χ1) is 7.13. The van der Waals surface area contributed by atoms with Crippen molar-refractivity contribution >= 4 is 17.9 Å². The third kappa shape index (κ3) is 1.56. The lowest BCUT2D eigenvalue weighted by molar-refractivity contribution is 0.462. The van der Waals surface area contributed by atoms with Crippen molar-refractivity contribution in [3.8, 4) is 5.75 Å². The lowest BCUT2D eigenvalue weighted by atomic mass is 10.0. The molecule has 15 heavy (non-hydrogen) atoms. The topological polar surface area (TPSA) is 44.1 Å². The summed E-state index contributed by atoms with van der Waals surface area (Å²) in [5.41, 5.74) is 2.41. The van der Waals surface area contributed by atoms with Crippen LogP contribution in [0.2, 0.25) is 0 Å². The Kier molecular flexibility index (Phi) is 2.35. The Balaban J connectivity index is 2.80. The highest BCUT2D eigenvalue weighted by Crippen LogP contribution is 2.18. The third-order valence-electron chi connectivity index (χ3n) is 2.78. The van der Waals surface area contributed by atoms with Crippen molar-refractivity contribution in [1.82, 2.24) is 0 Å². The van der Waals surface area contributed by atoms with Gasteiger partial charge >= 0.3 is 0 Å². The minimum absolute atomic E-state index is 0.398. The Morgan fingerprint density at radius 1 is 1.33 bits per heavy atom. The normalized spacial score (nSPS) is 13.3.